The maximum Gasteiger partial charge on any atom is 0.231 e. The van der Waals surface area contributed by atoms with Crippen molar-refractivity contribution in [3.63, 3.8) is 0 Å². The summed E-state index contributed by atoms with van der Waals surface area (Å²) < 4.78 is 11.2. The maximum absolute atomic E-state index is 5.65. The van der Waals surface area contributed by atoms with Crippen molar-refractivity contribution in [3.8, 4) is 11.5 Å². The Kier molecular flexibility index (Phi) is 4.40. The Hall–Kier alpha value is -2.63. The zero-order valence-electron chi connectivity index (χ0n) is 15.2. The number of pyridine rings is 1. The lowest BCUT2D eigenvalue weighted by molar-refractivity contribution is 0.173. The van der Waals surface area contributed by atoms with Crippen molar-refractivity contribution in [2.45, 2.75) is 12.5 Å². The molecule has 5 heteroatoms. The monoisotopic (exact) mass is 361 g/mol. The highest BCUT2D eigenvalue weighted by Crippen LogP contribution is 2.38. The fourth-order valence-corrected chi connectivity index (χ4v) is 4.09. The molecule has 3 heterocycles. The summed E-state index contributed by atoms with van der Waals surface area (Å²) in [5.41, 5.74) is 2.55. The summed E-state index contributed by atoms with van der Waals surface area (Å²) in [6.45, 7) is 4.49. The van der Waals surface area contributed by atoms with E-state index in [0.29, 0.717) is 6.79 Å². The Morgan fingerprint density at radius 2 is 1.78 bits per heavy atom. The van der Waals surface area contributed by atoms with Crippen LogP contribution >= 0.6 is 0 Å². The van der Waals surface area contributed by atoms with Gasteiger partial charge in [0.05, 0.1) is 6.04 Å². The van der Waals surface area contributed by atoms with Crippen molar-refractivity contribution in [3.05, 3.63) is 66.0 Å². The predicted molar refractivity (Wildman–Crippen MR) is 105 cm³/mol. The van der Waals surface area contributed by atoms with Crippen LogP contribution in [0.5, 0.6) is 11.5 Å². The number of nitrogens with one attached hydrogen (secondary N) is 1. The Labute approximate surface area is 158 Å². The number of rotatable bonds is 3. The summed E-state index contributed by atoms with van der Waals surface area (Å²) in [6.07, 6.45) is 4.93. The second-order valence-electron chi connectivity index (χ2n) is 7.14. The van der Waals surface area contributed by atoms with E-state index in [-0.39, 0.29) is 6.04 Å². The fourth-order valence-electron chi connectivity index (χ4n) is 4.09. The number of hydrogen-bond donors (Lipinski definition) is 1. The highest BCUT2D eigenvalue weighted by atomic mass is 16.7. The van der Waals surface area contributed by atoms with Gasteiger partial charge in [-0.3, -0.25) is 9.88 Å². The molecule has 1 N–H and O–H groups in total. The van der Waals surface area contributed by atoms with Gasteiger partial charge in [-0.2, -0.15) is 0 Å². The second-order valence-corrected chi connectivity index (χ2v) is 7.14. The van der Waals surface area contributed by atoms with Crippen LogP contribution in [0, 0.1) is 0 Å². The molecule has 138 valence electrons. The molecule has 1 saturated heterocycles. The number of fused-ring (bicyclic) bond motifs is 2. The Morgan fingerprint density at radius 1 is 0.889 bits per heavy atom. The topological polar surface area (TPSA) is 46.6 Å². The lowest BCUT2D eigenvalue weighted by Gasteiger charge is -2.31. The molecule has 5 nitrogen and oxygen atoms in total. The van der Waals surface area contributed by atoms with Crippen molar-refractivity contribution < 1.29 is 9.47 Å². The minimum absolute atomic E-state index is 0.192. The zero-order chi connectivity index (χ0) is 18.1. The summed E-state index contributed by atoms with van der Waals surface area (Å²) in [5, 5.41) is 5.90. The van der Waals surface area contributed by atoms with Crippen LogP contribution in [0.3, 0.4) is 0 Å². The van der Waals surface area contributed by atoms with Crippen molar-refractivity contribution in [1.29, 1.82) is 0 Å². The molecule has 0 aliphatic carbocycles. The van der Waals surface area contributed by atoms with Crippen molar-refractivity contribution in [1.82, 2.24) is 15.2 Å². The number of aromatic nitrogens is 1. The van der Waals surface area contributed by atoms with Gasteiger partial charge in [-0.05, 0) is 53.7 Å². The van der Waals surface area contributed by atoms with E-state index in [4.69, 9.17) is 9.47 Å². The van der Waals surface area contributed by atoms with Crippen LogP contribution in [0.4, 0.5) is 0 Å². The van der Waals surface area contributed by atoms with E-state index in [1.807, 2.05) is 18.5 Å². The Bertz CT molecular complexity index is 951. The standard InChI is InChI=1S/C22H23N3O2/c1-7-23-9-11-25(10-1)22(18-4-5-20-21(13-18)27-15-26-20)17-2-3-19-14-24-8-6-16(19)12-17/h2-6,8,12-14,22-23H,1,7,9-11,15H2. The summed E-state index contributed by atoms with van der Waals surface area (Å²) in [7, 11) is 0. The van der Waals surface area contributed by atoms with E-state index in [0.717, 1.165) is 44.1 Å². The van der Waals surface area contributed by atoms with Gasteiger partial charge in [0.2, 0.25) is 6.79 Å². The molecule has 1 fully saturated rings. The number of ether oxygens (including phenoxy) is 2. The van der Waals surface area contributed by atoms with E-state index in [9.17, 15) is 0 Å². The summed E-state index contributed by atoms with van der Waals surface area (Å²) in [5.74, 6) is 1.68. The molecule has 27 heavy (non-hydrogen) atoms. The largest absolute Gasteiger partial charge is 0.454 e. The van der Waals surface area contributed by atoms with Crippen LogP contribution in [0.15, 0.2) is 54.9 Å². The Balaban J connectivity index is 1.60. The molecule has 0 radical (unpaired) electrons. The molecule has 0 spiro atoms. The van der Waals surface area contributed by atoms with Gasteiger partial charge in [0.1, 0.15) is 0 Å². The van der Waals surface area contributed by atoms with E-state index in [1.54, 1.807) is 0 Å². The van der Waals surface area contributed by atoms with Gasteiger partial charge in [-0.1, -0.05) is 18.2 Å². The van der Waals surface area contributed by atoms with E-state index in [1.165, 1.54) is 21.9 Å². The first-order valence-electron chi connectivity index (χ1n) is 9.56. The molecule has 2 aliphatic heterocycles. The number of benzene rings is 2. The molecule has 1 atom stereocenters. The molecule has 0 bridgehead atoms. The Morgan fingerprint density at radius 3 is 2.78 bits per heavy atom. The predicted octanol–water partition coefficient (Wildman–Crippen LogP) is 3.35. The van der Waals surface area contributed by atoms with E-state index < -0.39 is 0 Å². The van der Waals surface area contributed by atoms with Crippen molar-refractivity contribution in [2.24, 2.45) is 0 Å². The SMILES string of the molecule is c1cc2cc(C(c3ccc4c(c3)OCO4)N3CCCNCC3)ccc2cn1. The van der Waals surface area contributed by atoms with Gasteiger partial charge in [0.25, 0.3) is 0 Å². The third-order valence-corrected chi connectivity index (χ3v) is 5.43. The lowest BCUT2D eigenvalue weighted by Crippen LogP contribution is -2.33. The minimum atomic E-state index is 0.192. The zero-order valence-corrected chi connectivity index (χ0v) is 15.2. The number of hydrogen-bond acceptors (Lipinski definition) is 5. The number of nitrogens with zero attached hydrogens (tertiary/aromatic N) is 2. The quantitative estimate of drug-likeness (QED) is 0.775. The average Bonchev–Trinajstić information content (AvgIpc) is 3.02. The van der Waals surface area contributed by atoms with Crippen LogP contribution in [-0.2, 0) is 0 Å². The molecule has 1 unspecified atom stereocenters. The highest BCUT2D eigenvalue weighted by Gasteiger charge is 2.25. The average molecular weight is 361 g/mol. The van der Waals surface area contributed by atoms with Gasteiger partial charge >= 0.3 is 0 Å². The molecular weight excluding hydrogens is 338 g/mol. The molecule has 5 rings (SSSR count). The first-order chi connectivity index (χ1) is 13.4. The van der Waals surface area contributed by atoms with E-state index in [2.05, 4.69) is 51.6 Å². The highest BCUT2D eigenvalue weighted by molar-refractivity contribution is 5.82. The second kappa shape index (κ2) is 7.18. The molecule has 0 amide bonds. The van der Waals surface area contributed by atoms with Gasteiger partial charge < -0.3 is 14.8 Å². The van der Waals surface area contributed by atoms with Crippen LogP contribution in [0.1, 0.15) is 23.6 Å². The van der Waals surface area contributed by atoms with Crippen LogP contribution in [0.25, 0.3) is 10.8 Å². The summed E-state index contributed by atoms with van der Waals surface area (Å²) in [4.78, 5) is 6.81. The fraction of sp³-hybridized carbons (Fsp3) is 0.318. The first kappa shape index (κ1) is 16.5. The molecular formula is C22H23N3O2. The third kappa shape index (κ3) is 3.24. The first-order valence-corrected chi connectivity index (χ1v) is 9.56. The molecule has 0 saturated carbocycles. The van der Waals surface area contributed by atoms with Gasteiger partial charge in [0.15, 0.2) is 11.5 Å². The van der Waals surface area contributed by atoms with Crippen LogP contribution in [-0.4, -0.2) is 42.9 Å². The minimum Gasteiger partial charge on any atom is -0.454 e. The molecule has 2 aliphatic rings. The van der Waals surface area contributed by atoms with Crippen molar-refractivity contribution in [2.75, 3.05) is 33.0 Å². The lowest BCUT2D eigenvalue weighted by atomic mass is 9.94. The third-order valence-electron chi connectivity index (χ3n) is 5.43. The van der Waals surface area contributed by atoms with Crippen molar-refractivity contribution >= 4 is 10.8 Å². The van der Waals surface area contributed by atoms with Crippen LogP contribution < -0.4 is 14.8 Å². The van der Waals surface area contributed by atoms with Gasteiger partial charge in [0, 0.05) is 37.4 Å². The smallest absolute Gasteiger partial charge is 0.231 e. The van der Waals surface area contributed by atoms with Gasteiger partial charge in [-0.25, -0.2) is 0 Å². The van der Waals surface area contributed by atoms with E-state index >= 15 is 0 Å². The maximum atomic E-state index is 5.65. The molecule has 3 aromatic rings. The molecule has 2 aromatic carbocycles. The normalized spacial score (nSPS) is 18.4. The summed E-state index contributed by atoms with van der Waals surface area (Å²) >= 11 is 0. The molecule has 1 aromatic heterocycles. The summed E-state index contributed by atoms with van der Waals surface area (Å²) in [6, 6.07) is 15.3. The van der Waals surface area contributed by atoms with Gasteiger partial charge in [-0.15, -0.1) is 0 Å². The van der Waals surface area contributed by atoms with Crippen LogP contribution in [0.2, 0.25) is 0 Å².